The minimum atomic E-state index is -0.00921. The van der Waals surface area contributed by atoms with Crippen molar-refractivity contribution < 1.29 is 4.79 Å². The molecule has 0 unspecified atom stereocenters. The van der Waals surface area contributed by atoms with Gasteiger partial charge in [0.2, 0.25) is 5.91 Å². The van der Waals surface area contributed by atoms with Crippen molar-refractivity contribution in [3.63, 3.8) is 0 Å². The zero-order valence-electron chi connectivity index (χ0n) is 9.78. The first-order chi connectivity index (χ1) is 8.83. The molecule has 1 N–H and O–H groups in total. The second kappa shape index (κ2) is 4.41. The molecule has 1 aromatic carbocycles. The fourth-order valence-electron chi connectivity index (χ4n) is 1.99. The van der Waals surface area contributed by atoms with E-state index in [0.717, 1.165) is 11.1 Å². The van der Waals surface area contributed by atoms with E-state index < -0.39 is 0 Å². The molecule has 4 heteroatoms. The lowest BCUT2D eigenvalue weighted by molar-refractivity contribution is -0.120. The van der Waals surface area contributed by atoms with E-state index in [1.165, 1.54) is 0 Å². The summed E-state index contributed by atoms with van der Waals surface area (Å²) < 4.78 is 1.82. The molecule has 0 atom stereocenters. The highest BCUT2D eigenvalue weighted by atomic mass is 16.2. The summed E-state index contributed by atoms with van der Waals surface area (Å²) in [4.78, 5) is 11.7. The molecule has 4 nitrogen and oxygen atoms in total. The van der Waals surface area contributed by atoms with Gasteiger partial charge in [-0.25, -0.2) is 10.1 Å². The lowest BCUT2D eigenvalue weighted by atomic mass is 10.0. The average molecular weight is 239 g/mol. The van der Waals surface area contributed by atoms with Crippen LogP contribution >= 0.6 is 0 Å². The fourth-order valence-corrected chi connectivity index (χ4v) is 1.99. The molecule has 0 radical (unpaired) electrons. The van der Waals surface area contributed by atoms with Crippen molar-refractivity contribution in [2.24, 2.45) is 0 Å². The van der Waals surface area contributed by atoms with Crippen LogP contribution in [-0.4, -0.2) is 10.6 Å². The van der Waals surface area contributed by atoms with Crippen LogP contribution in [0.25, 0.3) is 5.57 Å². The van der Waals surface area contributed by atoms with Gasteiger partial charge >= 0.3 is 0 Å². The Bertz CT molecular complexity index is 572. The summed E-state index contributed by atoms with van der Waals surface area (Å²) in [6.07, 6.45) is 6.11. The zero-order chi connectivity index (χ0) is 12.4. The Morgan fingerprint density at radius 2 is 1.72 bits per heavy atom. The first kappa shape index (κ1) is 10.7. The number of hydrogen-bond acceptors (Lipinski definition) is 2. The largest absolute Gasteiger partial charge is 0.273 e. The number of nitrogens with one attached hydrogen (secondary N) is 1. The highest BCUT2D eigenvalue weighted by molar-refractivity contribution is 5.91. The standard InChI is InChI=1S/C14H13N3O/c18-14-10-13(12-6-2-1-3-7-12)11-17(15-14)16-8-4-5-9-16/h1-9,11H,10H2,(H,15,18). The minimum Gasteiger partial charge on any atom is -0.273 e. The van der Waals surface area contributed by atoms with Crippen LogP contribution in [0.4, 0.5) is 0 Å². The molecule has 90 valence electrons. The smallest absolute Gasteiger partial charge is 0.244 e. The van der Waals surface area contributed by atoms with Gasteiger partial charge in [0.05, 0.1) is 12.6 Å². The molecule has 0 fully saturated rings. The molecule has 3 rings (SSSR count). The number of hydrazine groups is 1. The molecular formula is C14H13N3O. The second-order valence-corrected chi connectivity index (χ2v) is 4.14. The van der Waals surface area contributed by atoms with E-state index in [0.29, 0.717) is 6.42 Å². The summed E-state index contributed by atoms with van der Waals surface area (Å²) in [7, 11) is 0. The predicted molar refractivity (Wildman–Crippen MR) is 69.8 cm³/mol. The molecule has 1 aliphatic heterocycles. The number of rotatable bonds is 2. The molecule has 1 amide bonds. The number of aromatic nitrogens is 1. The minimum absolute atomic E-state index is 0.00921. The highest BCUT2D eigenvalue weighted by Gasteiger charge is 2.17. The SMILES string of the molecule is O=C1CC(c2ccccc2)=CN(n2cccc2)N1. The van der Waals surface area contributed by atoms with Gasteiger partial charge in [-0.15, -0.1) is 0 Å². The van der Waals surface area contributed by atoms with Crippen molar-refractivity contribution in [3.05, 3.63) is 66.6 Å². The molecule has 1 aliphatic rings. The summed E-state index contributed by atoms with van der Waals surface area (Å²) in [5.74, 6) is -0.00921. The molecule has 18 heavy (non-hydrogen) atoms. The Kier molecular flexibility index (Phi) is 2.61. The van der Waals surface area contributed by atoms with Crippen LogP contribution in [0.3, 0.4) is 0 Å². The third-order valence-corrected chi connectivity index (χ3v) is 2.85. The number of carbonyl (C=O) groups is 1. The van der Waals surface area contributed by atoms with Crippen molar-refractivity contribution >= 4 is 11.5 Å². The van der Waals surface area contributed by atoms with E-state index in [9.17, 15) is 4.79 Å². The maximum atomic E-state index is 11.7. The van der Waals surface area contributed by atoms with Gasteiger partial charge in [0, 0.05) is 12.4 Å². The Labute approximate surface area is 105 Å². The Morgan fingerprint density at radius 1 is 1.00 bits per heavy atom. The molecule has 2 heterocycles. The number of benzene rings is 1. The lowest BCUT2D eigenvalue weighted by Crippen LogP contribution is -2.47. The third kappa shape index (κ3) is 2.00. The van der Waals surface area contributed by atoms with E-state index >= 15 is 0 Å². The van der Waals surface area contributed by atoms with Crippen LogP contribution in [0.1, 0.15) is 12.0 Å². The van der Waals surface area contributed by atoms with Crippen LogP contribution in [0, 0.1) is 0 Å². The molecule has 1 aromatic heterocycles. The van der Waals surface area contributed by atoms with E-state index in [2.05, 4.69) is 5.43 Å². The summed E-state index contributed by atoms with van der Waals surface area (Å²) in [6.45, 7) is 0. The summed E-state index contributed by atoms with van der Waals surface area (Å²) in [6, 6.07) is 13.8. The average Bonchev–Trinajstić information content (AvgIpc) is 2.93. The summed E-state index contributed by atoms with van der Waals surface area (Å²) in [5.41, 5.74) is 4.88. The van der Waals surface area contributed by atoms with Crippen LogP contribution in [0.2, 0.25) is 0 Å². The third-order valence-electron chi connectivity index (χ3n) is 2.85. The maximum Gasteiger partial charge on any atom is 0.244 e. The molecule has 0 bridgehead atoms. The van der Waals surface area contributed by atoms with Gasteiger partial charge in [-0.3, -0.25) is 4.79 Å². The van der Waals surface area contributed by atoms with Crippen LogP contribution in [0.5, 0.6) is 0 Å². The normalized spacial score (nSPS) is 15.2. The van der Waals surface area contributed by atoms with Gasteiger partial charge < -0.3 is 0 Å². The van der Waals surface area contributed by atoms with Crippen LogP contribution < -0.4 is 10.5 Å². The van der Waals surface area contributed by atoms with Gasteiger partial charge in [0.25, 0.3) is 0 Å². The molecule has 0 saturated carbocycles. The maximum absolute atomic E-state index is 11.7. The van der Waals surface area contributed by atoms with Crippen molar-refractivity contribution in [2.75, 3.05) is 5.12 Å². The van der Waals surface area contributed by atoms with Gasteiger partial charge in [0.15, 0.2) is 0 Å². The Morgan fingerprint density at radius 3 is 2.44 bits per heavy atom. The summed E-state index contributed by atoms with van der Waals surface area (Å²) >= 11 is 0. The summed E-state index contributed by atoms with van der Waals surface area (Å²) in [5, 5.41) is 1.69. The molecule has 0 aliphatic carbocycles. The molecule has 0 spiro atoms. The van der Waals surface area contributed by atoms with Gasteiger partial charge in [-0.2, -0.15) is 5.12 Å². The Hall–Kier alpha value is -2.49. The number of nitrogens with zero attached hydrogens (tertiary/aromatic N) is 2. The number of carbonyl (C=O) groups excluding carboxylic acids is 1. The molecule has 0 saturated heterocycles. The quantitative estimate of drug-likeness (QED) is 0.869. The van der Waals surface area contributed by atoms with Crippen LogP contribution in [0.15, 0.2) is 61.1 Å². The topological polar surface area (TPSA) is 37.3 Å². The van der Waals surface area contributed by atoms with E-state index in [-0.39, 0.29) is 5.91 Å². The number of hydrogen-bond donors (Lipinski definition) is 1. The van der Waals surface area contributed by atoms with Crippen molar-refractivity contribution in [1.29, 1.82) is 0 Å². The van der Waals surface area contributed by atoms with E-state index in [1.807, 2.05) is 65.7 Å². The van der Waals surface area contributed by atoms with Gasteiger partial charge in [0.1, 0.15) is 0 Å². The first-order valence-electron chi connectivity index (χ1n) is 5.81. The van der Waals surface area contributed by atoms with Gasteiger partial charge in [-0.05, 0) is 23.3 Å². The molecular weight excluding hydrogens is 226 g/mol. The lowest BCUT2D eigenvalue weighted by Gasteiger charge is -2.28. The van der Waals surface area contributed by atoms with Crippen LogP contribution in [-0.2, 0) is 4.79 Å². The number of amides is 1. The second-order valence-electron chi connectivity index (χ2n) is 4.14. The van der Waals surface area contributed by atoms with E-state index in [1.54, 1.807) is 5.12 Å². The van der Waals surface area contributed by atoms with Crippen molar-refractivity contribution in [2.45, 2.75) is 6.42 Å². The van der Waals surface area contributed by atoms with Crippen molar-refractivity contribution in [3.8, 4) is 0 Å². The zero-order valence-corrected chi connectivity index (χ0v) is 9.78. The Balaban J connectivity index is 1.97. The highest BCUT2D eigenvalue weighted by Crippen LogP contribution is 2.20. The van der Waals surface area contributed by atoms with Gasteiger partial charge in [-0.1, -0.05) is 30.3 Å². The monoisotopic (exact) mass is 239 g/mol. The van der Waals surface area contributed by atoms with Crippen molar-refractivity contribution in [1.82, 2.24) is 10.1 Å². The van der Waals surface area contributed by atoms with E-state index in [4.69, 9.17) is 0 Å². The first-order valence-corrected chi connectivity index (χ1v) is 5.81. The fraction of sp³-hybridized carbons (Fsp3) is 0.0714. The molecule has 2 aromatic rings. The predicted octanol–water partition coefficient (Wildman–Crippen LogP) is 1.90.